The van der Waals surface area contributed by atoms with Crippen molar-refractivity contribution in [3.05, 3.63) is 95.8 Å². The number of ether oxygens (including phenoxy) is 1. The molecule has 1 N–H and O–H groups in total. The van der Waals surface area contributed by atoms with Crippen molar-refractivity contribution in [2.75, 3.05) is 18.4 Å². The summed E-state index contributed by atoms with van der Waals surface area (Å²) < 4.78 is 19.0. The second-order valence-electron chi connectivity index (χ2n) is 7.86. The fraction of sp³-hybridized carbons (Fsp3) is 0.231. The van der Waals surface area contributed by atoms with Crippen LogP contribution >= 0.6 is 0 Å². The lowest BCUT2D eigenvalue weighted by molar-refractivity contribution is -0.121. The summed E-state index contributed by atoms with van der Waals surface area (Å²) in [6, 6.07) is 22.5. The normalized spacial score (nSPS) is 15.8. The van der Waals surface area contributed by atoms with Crippen molar-refractivity contribution in [3.8, 4) is 5.75 Å². The topological polar surface area (TPSA) is 58.6 Å². The third kappa shape index (κ3) is 5.32. The molecule has 3 aromatic carbocycles. The van der Waals surface area contributed by atoms with Gasteiger partial charge >= 0.3 is 0 Å². The van der Waals surface area contributed by atoms with E-state index in [0.717, 1.165) is 24.1 Å². The van der Waals surface area contributed by atoms with E-state index in [1.807, 2.05) is 36.4 Å². The smallest absolute Gasteiger partial charge is 0.257 e. The molecule has 1 aliphatic heterocycles. The zero-order chi connectivity index (χ0) is 22.3. The Kier molecular flexibility index (Phi) is 6.80. The molecule has 0 saturated carbocycles. The van der Waals surface area contributed by atoms with Gasteiger partial charge in [0.05, 0.1) is 11.5 Å². The molecule has 0 aromatic heterocycles. The average molecular weight is 432 g/mol. The molecule has 32 heavy (non-hydrogen) atoms. The summed E-state index contributed by atoms with van der Waals surface area (Å²) in [6.07, 6.45) is 1.50. The Hall–Kier alpha value is -3.67. The maximum absolute atomic E-state index is 13.3. The predicted octanol–water partition coefficient (Wildman–Crippen LogP) is 4.90. The van der Waals surface area contributed by atoms with E-state index in [1.165, 1.54) is 12.1 Å². The number of hydrogen-bond donors (Lipinski definition) is 1. The second kappa shape index (κ2) is 10.1. The molecule has 3 aromatic rings. The van der Waals surface area contributed by atoms with Crippen LogP contribution in [-0.2, 0) is 11.4 Å². The molecule has 0 radical (unpaired) electrons. The summed E-state index contributed by atoms with van der Waals surface area (Å²) in [5, 5.41) is 2.94. The van der Waals surface area contributed by atoms with E-state index in [0.29, 0.717) is 24.4 Å². The summed E-state index contributed by atoms with van der Waals surface area (Å²) in [7, 11) is 0. The zero-order valence-electron chi connectivity index (χ0n) is 17.7. The van der Waals surface area contributed by atoms with Crippen LogP contribution in [0.2, 0.25) is 0 Å². The minimum atomic E-state index is -0.305. The van der Waals surface area contributed by atoms with E-state index in [2.05, 4.69) is 5.32 Å². The SMILES string of the molecule is O=C(Nc1ccccc1)C1CCCN(C(=O)c2ccccc2OCc2ccc(F)cc2)C1. The predicted molar refractivity (Wildman–Crippen MR) is 121 cm³/mol. The molecule has 1 fully saturated rings. The molecule has 5 nitrogen and oxygen atoms in total. The molecule has 4 rings (SSSR count). The average Bonchev–Trinajstić information content (AvgIpc) is 2.84. The van der Waals surface area contributed by atoms with Gasteiger partial charge in [-0.15, -0.1) is 0 Å². The van der Waals surface area contributed by atoms with Gasteiger partial charge in [0, 0.05) is 18.8 Å². The van der Waals surface area contributed by atoms with Crippen LogP contribution in [0.25, 0.3) is 0 Å². The van der Waals surface area contributed by atoms with Crippen molar-refractivity contribution >= 4 is 17.5 Å². The van der Waals surface area contributed by atoms with E-state index in [4.69, 9.17) is 4.74 Å². The molecule has 0 aliphatic carbocycles. The highest BCUT2D eigenvalue weighted by Gasteiger charge is 2.30. The van der Waals surface area contributed by atoms with Crippen LogP contribution in [0.5, 0.6) is 5.75 Å². The first-order valence-electron chi connectivity index (χ1n) is 10.7. The monoisotopic (exact) mass is 432 g/mol. The third-order valence-corrected chi connectivity index (χ3v) is 5.55. The van der Waals surface area contributed by atoms with E-state index in [9.17, 15) is 14.0 Å². The highest BCUT2D eigenvalue weighted by molar-refractivity contribution is 5.98. The minimum absolute atomic E-state index is 0.0745. The van der Waals surface area contributed by atoms with Crippen molar-refractivity contribution in [1.82, 2.24) is 4.90 Å². The van der Waals surface area contributed by atoms with E-state index in [1.54, 1.807) is 35.2 Å². The van der Waals surface area contributed by atoms with Crippen LogP contribution in [0.3, 0.4) is 0 Å². The van der Waals surface area contributed by atoms with Gasteiger partial charge in [0.1, 0.15) is 18.2 Å². The molecule has 1 saturated heterocycles. The number of halogens is 1. The number of carbonyl (C=O) groups is 2. The highest BCUT2D eigenvalue weighted by Crippen LogP contribution is 2.25. The number of para-hydroxylation sites is 2. The lowest BCUT2D eigenvalue weighted by Gasteiger charge is -2.32. The zero-order valence-corrected chi connectivity index (χ0v) is 17.7. The van der Waals surface area contributed by atoms with Crippen molar-refractivity contribution in [2.45, 2.75) is 19.4 Å². The molecule has 1 heterocycles. The van der Waals surface area contributed by atoms with E-state index < -0.39 is 0 Å². The van der Waals surface area contributed by atoms with Gasteiger partial charge in [0.2, 0.25) is 5.91 Å². The van der Waals surface area contributed by atoms with Crippen LogP contribution in [0.4, 0.5) is 10.1 Å². The highest BCUT2D eigenvalue weighted by atomic mass is 19.1. The first-order chi connectivity index (χ1) is 15.6. The Morgan fingerprint density at radius 3 is 2.47 bits per heavy atom. The number of benzene rings is 3. The molecule has 1 unspecified atom stereocenters. The number of rotatable bonds is 6. The van der Waals surface area contributed by atoms with Gasteiger partial charge < -0.3 is 15.0 Å². The Labute approximate surface area is 186 Å². The molecule has 0 spiro atoms. The molecular weight excluding hydrogens is 407 g/mol. The van der Waals surface area contributed by atoms with E-state index >= 15 is 0 Å². The molecule has 6 heteroatoms. The maximum atomic E-state index is 13.3. The number of nitrogens with zero attached hydrogens (tertiary/aromatic N) is 1. The van der Waals surface area contributed by atoms with Gasteiger partial charge in [0.15, 0.2) is 0 Å². The number of anilines is 1. The van der Waals surface area contributed by atoms with Crippen molar-refractivity contribution in [3.63, 3.8) is 0 Å². The van der Waals surface area contributed by atoms with Crippen LogP contribution in [0.1, 0.15) is 28.8 Å². The summed E-state index contributed by atoms with van der Waals surface area (Å²) >= 11 is 0. The van der Waals surface area contributed by atoms with Gasteiger partial charge in [-0.1, -0.05) is 42.5 Å². The van der Waals surface area contributed by atoms with Crippen LogP contribution in [0, 0.1) is 11.7 Å². The fourth-order valence-electron chi connectivity index (χ4n) is 3.82. The van der Waals surface area contributed by atoms with Gasteiger partial charge in [0.25, 0.3) is 5.91 Å². The van der Waals surface area contributed by atoms with E-state index in [-0.39, 0.29) is 30.2 Å². The van der Waals surface area contributed by atoms with Gasteiger partial charge in [-0.2, -0.15) is 0 Å². The maximum Gasteiger partial charge on any atom is 0.257 e. The summed E-state index contributed by atoms with van der Waals surface area (Å²) in [5.74, 6) is -0.329. The number of carbonyl (C=O) groups excluding carboxylic acids is 2. The standard InChI is InChI=1S/C26H25FN2O3/c27-21-14-12-19(13-15-21)18-32-24-11-5-4-10-23(24)26(31)29-16-6-7-20(17-29)25(30)28-22-8-2-1-3-9-22/h1-5,8-15,20H,6-7,16-18H2,(H,28,30). The lowest BCUT2D eigenvalue weighted by atomic mass is 9.96. The Morgan fingerprint density at radius 1 is 0.969 bits per heavy atom. The first kappa shape index (κ1) is 21.6. The molecule has 2 amide bonds. The molecule has 1 atom stereocenters. The summed E-state index contributed by atoms with van der Waals surface area (Å²) in [4.78, 5) is 27.7. The Bertz CT molecular complexity index is 1070. The number of nitrogens with one attached hydrogen (secondary N) is 1. The molecule has 164 valence electrons. The number of hydrogen-bond acceptors (Lipinski definition) is 3. The quantitative estimate of drug-likeness (QED) is 0.603. The van der Waals surface area contributed by atoms with Crippen molar-refractivity contribution in [2.24, 2.45) is 5.92 Å². The van der Waals surface area contributed by atoms with Gasteiger partial charge in [-0.25, -0.2) is 4.39 Å². The van der Waals surface area contributed by atoms with Crippen LogP contribution in [0.15, 0.2) is 78.9 Å². The Morgan fingerprint density at radius 2 is 1.69 bits per heavy atom. The number of likely N-dealkylation sites (tertiary alicyclic amines) is 1. The molecule has 1 aliphatic rings. The van der Waals surface area contributed by atoms with Gasteiger partial charge in [-0.05, 0) is 54.8 Å². The fourth-order valence-corrected chi connectivity index (χ4v) is 3.82. The van der Waals surface area contributed by atoms with Crippen LogP contribution in [-0.4, -0.2) is 29.8 Å². The number of piperidine rings is 1. The Balaban J connectivity index is 1.42. The second-order valence-corrected chi connectivity index (χ2v) is 7.86. The van der Waals surface area contributed by atoms with Crippen molar-refractivity contribution < 1.29 is 18.7 Å². The largest absolute Gasteiger partial charge is 0.488 e. The van der Waals surface area contributed by atoms with Crippen LogP contribution < -0.4 is 10.1 Å². The van der Waals surface area contributed by atoms with Crippen molar-refractivity contribution in [1.29, 1.82) is 0 Å². The molecule has 0 bridgehead atoms. The number of amides is 2. The summed E-state index contributed by atoms with van der Waals surface area (Å²) in [5.41, 5.74) is 2.02. The minimum Gasteiger partial charge on any atom is -0.488 e. The first-order valence-corrected chi connectivity index (χ1v) is 10.7. The lowest BCUT2D eigenvalue weighted by Crippen LogP contribution is -2.43. The molecular formula is C26H25FN2O3. The van der Waals surface area contributed by atoms with Gasteiger partial charge in [-0.3, -0.25) is 9.59 Å². The summed E-state index contributed by atoms with van der Waals surface area (Å²) in [6.45, 7) is 1.19. The third-order valence-electron chi connectivity index (χ3n) is 5.55.